The molecule has 0 atom stereocenters. The molecule has 1 rings (SSSR count). The van der Waals surface area contributed by atoms with Crippen LogP contribution >= 0.6 is 0 Å². The van der Waals surface area contributed by atoms with E-state index >= 15 is 0 Å². The van der Waals surface area contributed by atoms with Crippen LogP contribution in [-0.2, 0) is 4.79 Å². The summed E-state index contributed by atoms with van der Waals surface area (Å²) in [6, 6.07) is 2.68. The Kier molecular flexibility index (Phi) is 6.09. The number of hydrogen-bond donors (Lipinski definition) is 3. The van der Waals surface area contributed by atoms with Gasteiger partial charge in [0.05, 0.1) is 18.5 Å². The number of rotatable bonds is 7. The van der Waals surface area contributed by atoms with Gasteiger partial charge in [0.25, 0.3) is 0 Å². The van der Waals surface area contributed by atoms with Crippen LogP contribution in [0.25, 0.3) is 0 Å². The number of halogens is 1. The van der Waals surface area contributed by atoms with Crippen molar-refractivity contribution in [3.8, 4) is 5.75 Å². The molecule has 0 heterocycles. The molecule has 0 bridgehead atoms. The maximum atomic E-state index is 13.4. The zero-order valence-corrected chi connectivity index (χ0v) is 12.1. The summed E-state index contributed by atoms with van der Waals surface area (Å²) in [4.78, 5) is 11.5. The van der Waals surface area contributed by atoms with Crippen molar-refractivity contribution in [3.63, 3.8) is 0 Å². The van der Waals surface area contributed by atoms with Crippen molar-refractivity contribution in [1.29, 1.82) is 0 Å². The van der Waals surface area contributed by atoms with E-state index in [2.05, 4.69) is 10.6 Å². The van der Waals surface area contributed by atoms with E-state index in [1.807, 2.05) is 13.8 Å². The van der Waals surface area contributed by atoms with Crippen molar-refractivity contribution in [3.05, 3.63) is 17.9 Å². The van der Waals surface area contributed by atoms with E-state index in [0.29, 0.717) is 31.1 Å². The fourth-order valence-electron chi connectivity index (χ4n) is 1.60. The molecule has 4 N–H and O–H groups in total. The van der Waals surface area contributed by atoms with Crippen LogP contribution in [-0.4, -0.2) is 26.1 Å². The molecule has 0 aromatic heterocycles. The first-order valence-electron chi connectivity index (χ1n) is 6.57. The van der Waals surface area contributed by atoms with E-state index in [-0.39, 0.29) is 17.3 Å². The fourth-order valence-corrected chi connectivity index (χ4v) is 1.60. The molecule has 0 aliphatic heterocycles. The predicted molar refractivity (Wildman–Crippen MR) is 78.3 cm³/mol. The average Bonchev–Trinajstić information content (AvgIpc) is 2.39. The van der Waals surface area contributed by atoms with Gasteiger partial charge in [-0.15, -0.1) is 0 Å². The number of amides is 1. The van der Waals surface area contributed by atoms with Crippen molar-refractivity contribution in [2.45, 2.75) is 20.3 Å². The van der Waals surface area contributed by atoms with E-state index in [9.17, 15) is 9.18 Å². The Hall–Kier alpha value is -1.98. The molecule has 1 aromatic rings. The molecule has 5 nitrogen and oxygen atoms in total. The van der Waals surface area contributed by atoms with Crippen LogP contribution < -0.4 is 21.1 Å². The number of nitrogens with two attached hydrogens (primary N) is 1. The maximum Gasteiger partial charge on any atom is 0.221 e. The van der Waals surface area contributed by atoms with Crippen molar-refractivity contribution < 1.29 is 13.9 Å². The van der Waals surface area contributed by atoms with Crippen molar-refractivity contribution in [1.82, 2.24) is 5.32 Å². The third-order valence-corrected chi connectivity index (χ3v) is 2.70. The van der Waals surface area contributed by atoms with Crippen LogP contribution in [0.3, 0.4) is 0 Å². The SMILES string of the molecule is COc1cc(NCCC(=O)NCC(C)C)c(N)cc1F. The molecular formula is C14H22FN3O2. The second kappa shape index (κ2) is 7.57. The number of nitrogen functional groups attached to an aromatic ring is 1. The molecule has 0 radical (unpaired) electrons. The minimum absolute atomic E-state index is 0.0288. The van der Waals surface area contributed by atoms with Crippen molar-refractivity contribution >= 4 is 17.3 Å². The highest BCUT2D eigenvalue weighted by molar-refractivity contribution is 5.77. The zero-order chi connectivity index (χ0) is 15.1. The Bertz CT molecular complexity index is 464. The van der Waals surface area contributed by atoms with Gasteiger partial charge >= 0.3 is 0 Å². The molecule has 0 spiro atoms. The fraction of sp³-hybridized carbons (Fsp3) is 0.500. The number of carbonyl (C=O) groups excluding carboxylic acids is 1. The van der Waals surface area contributed by atoms with Gasteiger partial charge in [0.1, 0.15) is 0 Å². The Morgan fingerprint density at radius 2 is 2.15 bits per heavy atom. The summed E-state index contributed by atoms with van der Waals surface area (Å²) in [5.74, 6) is -0.000975. The lowest BCUT2D eigenvalue weighted by molar-refractivity contribution is -0.120. The molecule has 0 saturated heterocycles. The Morgan fingerprint density at radius 1 is 1.45 bits per heavy atom. The minimum Gasteiger partial charge on any atom is -0.494 e. The van der Waals surface area contributed by atoms with Crippen molar-refractivity contribution in [2.24, 2.45) is 5.92 Å². The van der Waals surface area contributed by atoms with Gasteiger partial charge in [-0.2, -0.15) is 0 Å². The minimum atomic E-state index is -0.509. The van der Waals surface area contributed by atoms with Gasteiger partial charge in [0.15, 0.2) is 11.6 Å². The molecule has 1 aromatic carbocycles. The quantitative estimate of drug-likeness (QED) is 0.669. The Labute approximate surface area is 118 Å². The van der Waals surface area contributed by atoms with Crippen LogP contribution in [0.4, 0.5) is 15.8 Å². The van der Waals surface area contributed by atoms with E-state index < -0.39 is 5.82 Å². The summed E-state index contributed by atoms with van der Waals surface area (Å²) in [5, 5.41) is 5.82. The maximum absolute atomic E-state index is 13.4. The summed E-state index contributed by atoms with van der Waals surface area (Å²) in [5.41, 5.74) is 6.54. The first-order chi connectivity index (χ1) is 9.43. The average molecular weight is 283 g/mol. The van der Waals surface area contributed by atoms with Crippen molar-refractivity contribution in [2.75, 3.05) is 31.2 Å². The number of carbonyl (C=O) groups is 1. The van der Waals surface area contributed by atoms with E-state index in [0.717, 1.165) is 0 Å². The second-order valence-electron chi connectivity index (χ2n) is 4.95. The largest absolute Gasteiger partial charge is 0.494 e. The summed E-state index contributed by atoms with van der Waals surface area (Å²) >= 11 is 0. The highest BCUT2D eigenvalue weighted by Gasteiger charge is 2.08. The molecule has 20 heavy (non-hydrogen) atoms. The lowest BCUT2D eigenvalue weighted by atomic mass is 10.2. The van der Waals surface area contributed by atoms with E-state index in [4.69, 9.17) is 10.5 Å². The van der Waals surface area contributed by atoms with E-state index in [1.165, 1.54) is 19.2 Å². The highest BCUT2D eigenvalue weighted by Crippen LogP contribution is 2.27. The van der Waals surface area contributed by atoms with Crippen LogP contribution in [0, 0.1) is 11.7 Å². The lowest BCUT2D eigenvalue weighted by Crippen LogP contribution is -2.28. The number of anilines is 2. The van der Waals surface area contributed by atoms with Crippen LogP contribution in [0.1, 0.15) is 20.3 Å². The molecule has 1 amide bonds. The standard InChI is InChI=1S/C14H22FN3O2/c1-9(2)8-18-14(19)4-5-17-12-7-13(20-3)10(15)6-11(12)16/h6-7,9,17H,4-5,8,16H2,1-3H3,(H,18,19). The van der Waals surface area contributed by atoms with Gasteiger partial charge in [-0.3, -0.25) is 4.79 Å². The number of methoxy groups -OCH3 is 1. The molecular weight excluding hydrogens is 261 g/mol. The molecule has 6 heteroatoms. The third kappa shape index (κ3) is 4.95. The smallest absolute Gasteiger partial charge is 0.221 e. The van der Waals surface area contributed by atoms with E-state index in [1.54, 1.807) is 0 Å². The summed E-state index contributed by atoms with van der Waals surface area (Å²) in [6.45, 7) is 5.14. The summed E-state index contributed by atoms with van der Waals surface area (Å²) < 4.78 is 18.2. The number of ether oxygens (including phenoxy) is 1. The van der Waals surface area contributed by atoms with Gasteiger partial charge < -0.3 is 21.1 Å². The first kappa shape index (κ1) is 16.1. The van der Waals surface area contributed by atoms with Gasteiger partial charge in [-0.1, -0.05) is 13.8 Å². The Balaban J connectivity index is 2.48. The second-order valence-corrected chi connectivity index (χ2v) is 4.95. The summed E-state index contributed by atoms with van der Waals surface area (Å²) in [7, 11) is 1.39. The number of hydrogen-bond acceptors (Lipinski definition) is 4. The normalized spacial score (nSPS) is 10.4. The van der Waals surface area contributed by atoms with Gasteiger partial charge in [-0.05, 0) is 5.92 Å². The predicted octanol–water partition coefficient (Wildman–Crippen LogP) is 1.99. The molecule has 0 unspecified atom stereocenters. The lowest BCUT2D eigenvalue weighted by Gasteiger charge is -2.12. The monoisotopic (exact) mass is 283 g/mol. The zero-order valence-electron chi connectivity index (χ0n) is 12.1. The van der Waals surface area contributed by atoms with Crippen LogP contribution in [0.2, 0.25) is 0 Å². The number of nitrogens with one attached hydrogen (secondary N) is 2. The molecule has 0 aliphatic carbocycles. The third-order valence-electron chi connectivity index (χ3n) is 2.70. The topological polar surface area (TPSA) is 76.4 Å². The van der Waals surface area contributed by atoms with Gasteiger partial charge in [0.2, 0.25) is 5.91 Å². The molecule has 112 valence electrons. The Morgan fingerprint density at radius 3 is 2.75 bits per heavy atom. The van der Waals surface area contributed by atoms with Gasteiger partial charge in [-0.25, -0.2) is 4.39 Å². The molecule has 0 fully saturated rings. The molecule has 0 saturated carbocycles. The van der Waals surface area contributed by atoms with Crippen LogP contribution in [0.5, 0.6) is 5.75 Å². The summed E-state index contributed by atoms with van der Waals surface area (Å²) in [6.07, 6.45) is 0.325. The number of benzene rings is 1. The van der Waals surface area contributed by atoms with Gasteiger partial charge in [0, 0.05) is 31.6 Å². The molecule has 0 aliphatic rings. The van der Waals surface area contributed by atoms with Crippen LogP contribution in [0.15, 0.2) is 12.1 Å². The highest BCUT2D eigenvalue weighted by atomic mass is 19.1. The first-order valence-corrected chi connectivity index (χ1v) is 6.57.